The van der Waals surface area contributed by atoms with Gasteiger partial charge in [0.05, 0.1) is 5.56 Å². The van der Waals surface area contributed by atoms with Crippen molar-refractivity contribution >= 4 is 5.97 Å². The lowest BCUT2D eigenvalue weighted by molar-refractivity contribution is -0.228. The Kier molecular flexibility index (Phi) is 2.94. The third-order valence-electron chi connectivity index (χ3n) is 2.18. The van der Waals surface area contributed by atoms with Crippen LogP contribution in [0.15, 0.2) is 24.3 Å². The molecule has 1 rings (SSSR count). The second kappa shape index (κ2) is 3.77. The fourth-order valence-corrected chi connectivity index (χ4v) is 1.11. The van der Waals surface area contributed by atoms with Gasteiger partial charge in [0.1, 0.15) is 0 Å². The lowest BCUT2D eigenvalue weighted by atomic mass is 9.95. The molecule has 0 radical (unpaired) electrons. The molecule has 16 heavy (non-hydrogen) atoms. The van der Waals surface area contributed by atoms with Crippen molar-refractivity contribution in [3.8, 4) is 0 Å². The van der Waals surface area contributed by atoms with Crippen LogP contribution in [0.25, 0.3) is 0 Å². The van der Waals surface area contributed by atoms with Crippen LogP contribution < -0.4 is 0 Å². The van der Waals surface area contributed by atoms with Gasteiger partial charge in [0.15, 0.2) is 0 Å². The van der Waals surface area contributed by atoms with Crippen molar-refractivity contribution in [2.24, 2.45) is 0 Å². The van der Waals surface area contributed by atoms with Gasteiger partial charge in [-0.15, -0.1) is 0 Å². The van der Waals surface area contributed by atoms with Crippen molar-refractivity contribution in [2.75, 3.05) is 0 Å². The Morgan fingerprint density at radius 1 is 1.25 bits per heavy atom. The molecule has 0 aliphatic carbocycles. The molecule has 0 heterocycles. The molecule has 0 bridgehead atoms. The maximum atomic E-state index is 13.5. The summed E-state index contributed by atoms with van der Waals surface area (Å²) in [5.74, 6) is -1.40. The van der Waals surface area contributed by atoms with Crippen molar-refractivity contribution in [3.63, 3.8) is 0 Å². The van der Waals surface area contributed by atoms with Gasteiger partial charge in [-0.3, -0.25) is 0 Å². The summed E-state index contributed by atoms with van der Waals surface area (Å²) < 4.78 is 50.4. The van der Waals surface area contributed by atoms with Crippen LogP contribution in [0.4, 0.5) is 17.6 Å². The minimum atomic E-state index is -5.08. The summed E-state index contributed by atoms with van der Waals surface area (Å²) in [4.78, 5) is 10.5. The fourth-order valence-electron chi connectivity index (χ4n) is 1.11. The van der Waals surface area contributed by atoms with E-state index >= 15 is 0 Å². The van der Waals surface area contributed by atoms with Crippen LogP contribution in [-0.2, 0) is 5.67 Å². The van der Waals surface area contributed by atoms with Crippen LogP contribution in [0.1, 0.15) is 22.8 Å². The smallest absolute Gasteiger partial charge is 0.426 e. The highest BCUT2D eigenvalue weighted by Crippen LogP contribution is 2.42. The first-order chi connectivity index (χ1) is 7.16. The number of benzene rings is 1. The monoisotopic (exact) mass is 236 g/mol. The number of rotatable bonds is 2. The van der Waals surface area contributed by atoms with Crippen LogP contribution in [0.3, 0.4) is 0 Å². The van der Waals surface area contributed by atoms with Gasteiger partial charge in [-0.1, -0.05) is 12.1 Å². The van der Waals surface area contributed by atoms with E-state index in [9.17, 15) is 22.4 Å². The molecule has 0 spiro atoms. The van der Waals surface area contributed by atoms with Gasteiger partial charge in [0.2, 0.25) is 5.67 Å². The number of carbonyl (C=O) groups is 1. The summed E-state index contributed by atoms with van der Waals surface area (Å²) in [6.07, 6.45) is -5.08. The molecule has 88 valence electrons. The van der Waals surface area contributed by atoms with Gasteiger partial charge in [-0.2, -0.15) is 13.2 Å². The molecular formula is C10H8F4O2. The maximum Gasteiger partial charge on any atom is 0.426 e. The third-order valence-corrected chi connectivity index (χ3v) is 2.18. The summed E-state index contributed by atoms with van der Waals surface area (Å²) in [5, 5.41) is 8.57. The molecule has 1 aromatic carbocycles. The van der Waals surface area contributed by atoms with Crippen LogP contribution >= 0.6 is 0 Å². The van der Waals surface area contributed by atoms with Crippen molar-refractivity contribution < 1.29 is 27.5 Å². The highest BCUT2D eigenvalue weighted by molar-refractivity contribution is 5.87. The molecule has 0 aromatic heterocycles. The lowest BCUT2D eigenvalue weighted by Crippen LogP contribution is -2.35. The van der Waals surface area contributed by atoms with E-state index in [0.717, 1.165) is 18.2 Å². The van der Waals surface area contributed by atoms with E-state index in [2.05, 4.69) is 0 Å². The predicted molar refractivity (Wildman–Crippen MR) is 47.9 cm³/mol. The highest BCUT2D eigenvalue weighted by atomic mass is 19.4. The molecule has 1 unspecified atom stereocenters. The van der Waals surface area contributed by atoms with Gasteiger partial charge < -0.3 is 5.11 Å². The number of hydrogen-bond donors (Lipinski definition) is 1. The number of alkyl halides is 4. The normalized spacial score (nSPS) is 15.6. The minimum Gasteiger partial charge on any atom is -0.478 e. The topological polar surface area (TPSA) is 37.3 Å². The molecular weight excluding hydrogens is 228 g/mol. The molecule has 0 aliphatic heterocycles. The second-order valence-electron chi connectivity index (χ2n) is 3.39. The van der Waals surface area contributed by atoms with Crippen LogP contribution in [0.2, 0.25) is 0 Å². The van der Waals surface area contributed by atoms with E-state index in [0.29, 0.717) is 13.0 Å². The van der Waals surface area contributed by atoms with E-state index in [1.807, 2.05) is 0 Å². The highest BCUT2D eigenvalue weighted by Gasteiger charge is 2.53. The number of carboxylic acids is 1. The standard InChI is InChI=1S/C10H8F4O2/c1-9(11,10(12,13)14)7-4-2-3-6(5-7)8(15)16/h2-5H,1H3,(H,15,16). The number of halogens is 4. The summed E-state index contributed by atoms with van der Waals surface area (Å²) in [5.41, 5.74) is -4.66. The molecule has 0 saturated carbocycles. The first-order valence-electron chi connectivity index (χ1n) is 4.26. The molecule has 0 aliphatic rings. The Bertz CT molecular complexity index is 410. The van der Waals surface area contributed by atoms with Crippen LogP contribution in [0.5, 0.6) is 0 Å². The van der Waals surface area contributed by atoms with E-state index < -0.39 is 23.4 Å². The minimum absolute atomic E-state index is 0.355. The number of carboxylic acid groups (broad SMARTS) is 1. The Morgan fingerprint density at radius 3 is 2.25 bits per heavy atom. The Morgan fingerprint density at radius 2 is 1.81 bits per heavy atom. The van der Waals surface area contributed by atoms with Crippen molar-refractivity contribution in [2.45, 2.75) is 18.8 Å². The molecule has 0 fully saturated rings. The zero-order valence-corrected chi connectivity index (χ0v) is 8.18. The van der Waals surface area contributed by atoms with Gasteiger partial charge in [-0.05, 0) is 24.6 Å². The van der Waals surface area contributed by atoms with E-state index in [4.69, 9.17) is 5.11 Å². The first kappa shape index (κ1) is 12.5. The molecule has 1 N–H and O–H groups in total. The summed E-state index contributed by atoms with van der Waals surface area (Å²) in [6, 6.07) is 3.75. The quantitative estimate of drug-likeness (QED) is 0.801. The Balaban J connectivity index is 3.24. The van der Waals surface area contributed by atoms with Crippen molar-refractivity contribution in [3.05, 3.63) is 35.4 Å². The SMILES string of the molecule is CC(F)(c1cccc(C(=O)O)c1)C(F)(F)F. The van der Waals surface area contributed by atoms with E-state index in [1.54, 1.807) is 0 Å². The molecule has 2 nitrogen and oxygen atoms in total. The molecule has 0 saturated heterocycles. The van der Waals surface area contributed by atoms with Gasteiger partial charge >= 0.3 is 12.1 Å². The van der Waals surface area contributed by atoms with Gasteiger partial charge in [0, 0.05) is 0 Å². The average molecular weight is 236 g/mol. The molecule has 1 atom stereocenters. The maximum absolute atomic E-state index is 13.5. The summed E-state index contributed by atoms with van der Waals surface area (Å²) in [6.45, 7) is 0.355. The third kappa shape index (κ3) is 2.15. The van der Waals surface area contributed by atoms with Gasteiger partial charge in [-0.25, -0.2) is 9.18 Å². The number of hydrogen-bond acceptors (Lipinski definition) is 1. The Hall–Kier alpha value is -1.59. The second-order valence-corrected chi connectivity index (χ2v) is 3.39. The van der Waals surface area contributed by atoms with Crippen LogP contribution in [-0.4, -0.2) is 17.3 Å². The predicted octanol–water partition coefficient (Wildman–Crippen LogP) is 3.13. The largest absolute Gasteiger partial charge is 0.478 e. The van der Waals surface area contributed by atoms with Gasteiger partial charge in [0.25, 0.3) is 0 Å². The summed E-state index contributed by atoms with van der Waals surface area (Å²) in [7, 11) is 0. The number of aromatic carboxylic acids is 1. The van der Waals surface area contributed by atoms with Crippen molar-refractivity contribution in [1.82, 2.24) is 0 Å². The van der Waals surface area contributed by atoms with Crippen LogP contribution in [0, 0.1) is 0 Å². The molecule has 6 heteroatoms. The first-order valence-corrected chi connectivity index (χ1v) is 4.26. The zero-order chi connectivity index (χ0) is 12.6. The lowest BCUT2D eigenvalue weighted by Gasteiger charge is -2.24. The Labute approximate surface area is 88.5 Å². The molecule has 0 amide bonds. The van der Waals surface area contributed by atoms with Crippen molar-refractivity contribution in [1.29, 1.82) is 0 Å². The average Bonchev–Trinajstić information content (AvgIpc) is 2.16. The van der Waals surface area contributed by atoms with E-state index in [-0.39, 0.29) is 5.56 Å². The zero-order valence-electron chi connectivity index (χ0n) is 8.18. The molecule has 1 aromatic rings. The fraction of sp³-hybridized carbons (Fsp3) is 0.300. The summed E-state index contributed by atoms with van der Waals surface area (Å²) >= 11 is 0. The van der Waals surface area contributed by atoms with E-state index in [1.165, 1.54) is 0 Å².